The third-order valence-electron chi connectivity index (χ3n) is 3.75. The molecule has 0 radical (unpaired) electrons. The molecule has 2 aromatic carbocycles. The summed E-state index contributed by atoms with van der Waals surface area (Å²) in [5.74, 6) is -0.322. The lowest BCUT2D eigenvalue weighted by atomic mass is 10.1. The second kappa shape index (κ2) is 6.84. The number of hydrogen-bond acceptors (Lipinski definition) is 2. The van der Waals surface area contributed by atoms with Gasteiger partial charge in [0.2, 0.25) is 0 Å². The summed E-state index contributed by atoms with van der Waals surface area (Å²) in [7, 11) is 1.96. The van der Waals surface area contributed by atoms with Crippen LogP contribution < -0.4 is 5.32 Å². The van der Waals surface area contributed by atoms with E-state index in [4.69, 9.17) is 0 Å². The summed E-state index contributed by atoms with van der Waals surface area (Å²) in [5, 5.41) is 3.87. The van der Waals surface area contributed by atoms with Crippen LogP contribution in [-0.4, -0.2) is 16.0 Å². The molecule has 0 aliphatic heterocycles. The van der Waals surface area contributed by atoms with Crippen molar-refractivity contribution in [2.45, 2.75) is 16.9 Å². The minimum absolute atomic E-state index is 0.0542. The molecule has 0 saturated carbocycles. The molecule has 3 rings (SSSR count). The van der Waals surface area contributed by atoms with E-state index in [1.165, 1.54) is 24.3 Å². The topological polar surface area (TPSA) is 34.0 Å². The van der Waals surface area contributed by atoms with Gasteiger partial charge in [0.1, 0.15) is 0 Å². The van der Waals surface area contributed by atoms with Gasteiger partial charge in [-0.1, -0.05) is 6.07 Å². The third kappa shape index (κ3) is 4.36. The van der Waals surface area contributed by atoms with Crippen LogP contribution >= 0.6 is 11.8 Å². The minimum atomic E-state index is -4.33. The van der Waals surface area contributed by atoms with Crippen molar-refractivity contribution in [3.8, 4) is 0 Å². The Kier molecular flexibility index (Phi) is 4.76. The van der Waals surface area contributed by atoms with Crippen LogP contribution in [0.4, 0.5) is 13.2 Å². The highest BCUT2D eigenvalue weighted by Crippen LogP contribution is 2.36. The molecule has 0 spiro atoms. The van der Waals surface area contributed by atoms with Gasteiger partial charge in [0.25, 0.3) is 5.91 Å². The molecule has 25 heavy (non-hydrogen) atoms. The molecule has 0 bridgehead atoms. The molecular weight excluding hydrogens is 349 g/mol. The van der Waals surface area contributed by atoms with Gasteiger partial charge in [0, 0.05) is 35.8 Å². The number of carbonyl (C=O) groups excluding carboxylic acids is 1. The lowest BCUT2D eigenvalue weighted by Gasteiger charge is -2.08. The Bertz CT molecular complexity index is 901. The number of halogens is 3. The molecule has 3 nitrogen and oxygen atoms in total. The SMILES string of the molecule is Cn1ccc2cc(CNC(=O)c3ccc(SC(F)(F)F)cc3)ccc21. The summed E-state index contributed by atoms with van der Waals surface area (Å²) in [6.45, 7) is 0.350. The Labute approximate surface area is 146 Å². The first-order chi connectivity index (χ1) is 11.8. The summed E-state index contributed by atoms with van der Waals surface area (Å²) >= 11 is -0.199. The van der Waals surface area contributed by atoms with E-state index < -0.39 is 5.51 Å². The Morgan fingerprint density at radius 3 is 2.52 bits per heavy atom. The largest absolute Gasteiger partial charge is 0.446 e. The molecule has 0 aliphatic carbocycles. The van der Waals surface area contributed by atoms with Crippen molar-refractivity contribution in [2.75, 3.05) is 0 Å². The number of nitrogens with one attached hydrogen (secondary N) is 1. The fourth-order valence-corrected chi connectivity index (χ4v) is 3.07. The molecule has 0 fully saturated rings. The van der Waals surface area contributed by atoms with E-state index in [0.29, 0.717) is 12.1 Å². The molecule has 0 saturated heterocycles. The van der Waals surface area contributed by atoms with Crippen LogP contribution in [0, 0.1) is 0 Å². The van der Waals surface area contributed by atoms with Crippen molar-refractivity contribution < 1.29 is 18.0 Å². The number of aryl methyl sites for hydroxylation is 1. The average molecular weight is 364 g/mol. The number of hydrogen-bond donors (Lipinski definition) is 1. The van der Waals surface area contributed by atoms with Gasteiger partial charge < -0.3 is 9.88 Å². The van der Waals surface area contributed by atoms with Crippen LogP contribution in [0.15, 0.2) is 59.6 Å². The Morgan fingerprint density at radius 2 is 1.84 bits per heavy atom. The highest BCUT2D eigenvalue weighted by Gasteiger charge is 2.29. The zero-order valence-electron chi connectivity index (χ0n) is 13.3. The Morgan fingerprint density at radius 1 is 1.12 bits per heavy atom. The zero-order chi connectivity index (χ0) is 18.0. The highest BCUT2D eigenvalue weighted by atomic mass is 32.2. The van der Waals surface area contributed by atoms with E-state index in [9.17, 15) is 18.0 Å². The van der Waals surface area contributed by atoms with Crippen LogP contribution in [0.2, 0.25) is 0 Å². The van der Waals surface area contributed by atoms with Gasteiger partial charge in [0.15, 0.2) is 0 Å². The molecule has 1 aromatic heterocycles. The van der Waals surface area contributed by atoms with Gasteiger partial charge in [-0.15, -0.1) is 0 Å². The first kappa shape index (κ1) is 17.4. The Balaban J connectivity index is 1.63. The van der Waals surface area contributed by atoms with Gasteiger partial charge in [-0.3, -0.25) is 4.79 Å². The maximum absolute atomic E-state index is 12.3. The molecule has 1 N–H and O–H groups in total. The van der Waals surface area contributed by atoms with Crippen LogP contribution in [0.3, 0.4) is 0 Å². The summed E-state index contributed by atoms with van der Waals surface area (Å²) in [6.07, 6.45) is 1.97. The normalized spacial score (nSPS) is 11.7. The fourth-order valence-electron chi connectivity index (χ4n) is 2.53. The van der Waals surface area contributed by atoms with Gasteiger partial charge >= 0.3 is 5.51 Å². The monoisotopic (exact) mass is 364 g/mol. The second-order valence-electron chi connectivity index (χ2n) is 5.57. The molecule has 0 unspecified atom stereocenters. The average Bonchev–Trinajstić information content (AvgIpc) is 2.92. The standard InChI is InChI=1S/C18H15F3N2OS/c1-23-9-8-14-10-12(2-7-16(14)23)11-22-17(24)13-3-5-15(6-4-13)25-18(19,20)21/h2-10H,11H2,1H3,(H,22,24). The summed E-state index contributed by atoms with van der Waals surface area (Å²) in [5.41, 5.74) is -1.95. The number of thioether (sulfide) groups is 1. The van der Waals surface area contributed by atoms with Gasteiger partial charge in [0.05, 0.1) is 0 Å². The van der Waals surface area contributed by atoms with Gasteiger partial charge in [-0.25, -0.2) is 0 Å². The number of aromatic nitrogens is 1. The first-order valence-electron chi connectivity index (χ1n) is 7.50. The summed E-state index contributed by atoms with van der Waals surface area (Å²) < 4.78 is 38.9. The maximum atomic E-state index is 12.3. The van der Waals surface area contributed by atoms with Crippen molar-refractivity contribution in [2.24, 2.45) is 7.05 Å². The molecule has 1 heterocycles. The summed E-state index contributed by atoms with van der Waals surface area (Å²) in [6, 6.07) is 13.3. The van der Waals surface area contributed by atoms with Crippen LogP contribution in [0.25, 0.3) is 10.9 Å². The number of alkyl halides is 3. The van der Waals surface area contributed by atoms with Crippen LogP contribution in [0.5, 0.6) is 0 Å². The zero-order valence-corrected chi connectivity index (χ0v) is 14.1. The van der Waals surface area contributed by atoms with Gasteiger partial charge in [-0.2, -0.15) is 13.2 Å². The van der Waals surface area contributed by atoms with E-state index in [1.807, 2.05) is 42.1 Å². The smallest absolute Gasteiger partial charge is 0.351 e. The molecule has 3 aromatic rings. The quantitative estimate of drug-likeness (QED) is 0.680. The predicted octanol–water partition coefficient (Wildman–Crippen LogP) is 4.72. The molecular formula is C18H15F3N2OS. The lowest BCUT2D eigenvalue weighted by Crippen LogP contribution is -2.22. The molecule has 0 atom stereocenters. The van der Waals surface area contributed by atoms with Crippen molar-refractivity contribution in [3.63, 3.8) is 0 Å². The predicted molar refractivity (Wildman–Crippen MR) is 92.4 cm³/mol. The molecule has 1 amide bonds. The first-order valence-corrected chi connectivity index (χ1v) is 8.31. The van der Waals surface area contributed by atoms with Crippen molar-refractivity contribution in [3.05, 3.63) is 65.9 Å². The minimum Gasteiger partial charge on any atom is -0.351 e. The van der Waals surface area contributed by atoms with Crippen LogP contribution in [0.1, 0.15) is 15.9 Å². The summed E-state index contributed by atoms with van der Waals surface area (Å²) in [4.78, 5) is 12.2. The van der Waals surface area contributed by atoms with E-state index in [-0.39, 0.29) is 22.6 Å². The van der Waals surface area contributed by atoms with E-state index >= 15 is 0 Å². The Hall–Kier alpha value is -2.41. The number of carbonyl (C=O) groups is 1. The number of rotatable bonds is 4. The second-order valence-corrected chi connectivity index (χ2v) is 6.71. The van der Waals surface area contributed by atoms with Crippen LogP contribution in [-0.2, 0) is 13.6 Å². The third-order valence-corrected chi connectivity index (χ3v) is 4.49. The van der Waals surface area contributed by atoms with Gasteiger partial charge in [-0.05, 0) is 65.2 Å². The molecule has 130 valence electrons. The van der Waals surface area contributed by atoms with E-state index in [1.54, 1.807) is 0 Å². The lowest BCUT2D eigenvalue weighted by molar-refractivity contribution is -0.0328. The van der Waals surface area contributed by atoms with E-state index in [0.717, 1.165) is 16.5 Å². The highest BCUT2D eigenvalue weighted by molar-refractivity contribution is 8.00. The maximum Gasteiger partial charge on any atom is 0.446 e. The molecule has 0 aliphatic rings. The number of amides is 1. The number of benzene rings is 2. The van der Waals surface area contributed by atoms with Crippen molar-refractivity contribution in [1.29, 1.82) is 0 Å². The van der Waals surface area contributed by atoms with Crippen molar-refractivity contribution in [1.82, 2.24) is 9.88 Å². The molecule has 7 heteroatoms. The number of nitrogens with zero attached hydrogens (tertiary/aromatic N) is 1. The van der Waals surface area contributed by atoms with E-state index in [2.05, 4.69) is 5.32 Å². The fraction of sp³-hybridized carbons (Fsp3) is 0.167. The van der Waals surface area contributed by atoms with Crippen molar-refractivity contribution >= 4 is 28.6 Å². The number of fused-ring (bicyclic) bond motifs is 1.